The summed E-state index contributed by atoms with van der Waals surface area (Å²) < 4.78 is 1.86. The second-order valence-electron chi connectivity index (χ2n) is 6.35. The average molecular weight is 418 g/mol. The number of halogens is 1. The topological polar surface area (TPSA) is 62.6 Å². The monoisotopic (exact) mass is 417 g/mol. The first kappa shape index (κ1) is 18.5. The minimum atomic E-state index is -1.20. The first-order valence-electron chi connectivity index (χ1n) is 8.41. The van der Waals surface area contributed by atoms with Crippen LogP contribution in [0.1, 0.15) is 16.4 Å². The second-order valence-corrected chi connectivity index (χ2v) is 7.27. The van der Waals surface area contributed by atoms with E-state index in [1.807, 2.05) is 7.05 Å². The number of nitrogens with zero attached hydrogens (tertiary/aromatic N) is 3. The fraction of sp³-hybridized carbons (Fsp3) is 0.316. The Bertz CT molecular complexity index is 858. The molecule has 1 amide bonds. The fourth-order valence-corrected chi connectivity index (χ4v) is 3.35. The van der Waals surface area contributed by atoms with Gasteiger partial charge in [0.25, 0.3) is 11.5 Å². The lowest BCUT2D eigenvalue weighted by atomic mass is 10.0. The molecule has 1 aromatic heterocycles. The molecule has 0 aliphatic carbocycles. The van der Waals surface area contributed by atoms with Crippen molar-refractivity contribution < 1.29 is 9.59 Å². The highest BCUT2D eigenvalue weighted by Gasteiger charge is 2.34. The molecule has 26 heavy (non-hydrogen) atoms. The predicted octanol–water partition coefficient (Wildman–Crippen LogP) is 1.81. The zero-order valence-corrected chi connectivity index (χ0v) is 16.1. The highest BCUT2D eigenvalue weighted by atomic mass is 79.9. The molecule has 3 rings (SSSR count). The van der Waals surface area contributed by atoms with E-state index in [1.165, 1.54) is 16.8 Å². The van der Waals surface area contributed by atoms with E-state index in [0.29, 0.717) is 23.1 Å². The van der Waals surface area contributed by atoms with Crippen molar-refractivity contribution >= 4 is 27.6 Å². The number of carbonyl (C=O) groups excluding carboxylic acids is 2. The predicted molar refractivity (Wildman–Crippen MR) is 102 cm³/mol. The lowest BCUT2D eigenvalue weighted by molar-refractivity contribution is -0.135. The first-order chi connectivity index (χ1) is 12.5. The van der Waals surface area contributed by atoms with Crippen LogP contribution in [0.15, 0.2) is 57.9 Å². The molecule has 1 fully saturated rings. The Balaban J connectivity index is 2.01. The smallest absolute Gasteiger partial charge is 0.253 e. The van der Waals surface area contributed by atoms with E-state index in [9.17, 15) is 14.4 Å². The summed E-state index contributed by atoms with van der Waals surface area (Å²) in [5.74, 6) is -0.720. The number of carbonyl (C=O) groups is 2. The lowest BCUT2D eigenvalue weighted by Gasteiger charge is -2.34. The van der Waals surface area contributed by atoms with Crippen LogP contribution in [0.3, 0.4) is 0 Å². The summed E-state index contributed by atoms with van der Waals surface area (Å²) in [6.07, 6.45) is 1.50. The maximum atomic E-state index is 13.2. The molecule has 0 bridgehead atoms. The Kier molecular flexibility index (Phi) is 5.68. The number of aromatic nitrogens is 1. The van der Waals surface area contributed by atoms with Gasteiger partial charge in [-0.3, -0.25) is 19.0 Å². The number of rotatable bonds is 4. The van der Waals surface area contributed by atoms with E-state index < -0.39 is 6.04 Å². The quantitative estimate of drug-likeness (QED) is 0.562. The van der Waals surface area contributed by atoms with E-state index in [1.54, 1.807) is 41.3 Å². The highest BCUT2D eigenvalue weighted by Crippen LogP contribution is 2.19. The zero-order valence-electron chi connectivity index (χ0n) is 14.5. The van der Waals surface area contributed by atoms with Crippen molar-refractivity contribution in [3.05, 3.63) is 69.1 Å². The molecule has 0 radical (unpaired) electrons. The van der Waals surface area contributed by atoms with E-state index in [0.717, 1.165) is 13.1 Å². The molecule has 2 heterocycles. The first-order valence-corrected chi connectivity index (χ1v) is 9.21. The van der Waals surface area contributed by atoms with E-state index in [2.05, 4.69) is 20.8 Å². The molecule has 1 saturated heterocycles. The van der Waals surface area contributed by atoms with Gasteiger partial charge in [0.15, 0.2) is 11.8 Å². The number of pyridine rings is 1. The average Bonchev–Trinajstić information content (AvgIpc) is 2.66. The van der Waals surface area contributed by atoms with Crippen LogP contribution in [0, 0.1) is 0 Å². The lowest BCUT2D eigenvalue weighted by Crippen LogP contribution is -2.51. The minimum Gasteiger partial charge on any atom is -0.338 e. The van der Waals surface area contributed by atoms with Crippen LogP contribution in [0.4, 0.5) is 0 Å². The molecule has 1 aliphatic rings. The molecule has 1 unspecified atom stereocenters. The van der Waals surface area contributed by atoms with Gasteiger partial charge in [-0.1, -0.05) is 30.3 Å². The number of hydrogen-bond acceptors (Lipinski definition) is 4. The molecular formula is C19H20BrN3O3. The van der Waals surface area contributed by atoms with Gasteiger partial charge in [-0.25, -0.2) is 0 Å². The van der Waals surface area contributed by atoms with Gasteiger partial charge in [-0.15, -0.1) is 0 Å². The van der Waals surface area contributed by atoms with Crippen molar-refractivity contribution in [1.29, 1.82) is 0 Å². The van der Waals surface area contributed by atoms with E-state index in [-0.39, 0.29) is 17.2 Å². The molecule has 1 atom stereocenters. The molecule has 1 aliphatic heterocycles. The number of ketones is 1. The summed E-state index contributed by atoms with van der Waals surface area (Å²) in [6.45, 7) is 2.56. The van der Waals surface area contributed by atoms with Gasteiger partial charge in [-0.05, 0) is 29.0 Å². The largest absolute Gasteiger partial charge is 0.338 e. The van der Waals surface area contributed by atoms with Gasteiger partial charge in [0.05, 0.1) is 0 Å². The van der Waals surface area contributed by atoms with Gasteiger partial charge < -0.3 is 9.80 Å². The molecule has 0 spiro atoms. The molecular weight excluding hydrogens is 398 g/mol. The van der Waals surface area contributed by atoms with Gasteiger partial charge in [0.2, 0.25) is 0 Å². The summed E-state index contributed by atoms with van der Waals surface area (Å²) in [4.78, 5) is 42.5. The number of Topliss-reactive ketones (excluding diaryl/α,β-unsaturated/α-hetero) is 1. The Morgan fingerprint density at radius 2 is 1.65 bits per heavy atom. The standard InChI is InChI=1S/C19H20BrN3O3/c1-21-9-11-22(12-10-21)19(26)17(18(25)14-5-3-2-4-6-14)23-13-15(20)7-8-16(23)24/h2-8,13,17H,9-12H2,1H3. The van der Waals surface area contributed by atoms with Crippen molar-refractivity contribution in [3.63, 3.8) is 0 Å². The summed E-state index contributed by atoms with van der Waals surface area (Å²) in [5.41, 5.74) is 0.0248. The van der Waals surface area contributed by atoms with Crippen LogP contribution in [0.5, 0.6) is 0 Å². The fourth-order valence-electron chi connectivity index (χ4n) is 3.00. The molecule has 7 heteroatoms. The van der Waals surface area contributed by atoms with Gasteiger partial charge in [0, 0.05) is 48.5 Å². The number of piperazine rings is 1. The second kappa shape index (κ2) is 7.97. The Morgan fingerprint density at radius 1 is 1.00 bits per heavy atom. The van der Waals surface area contributed by atoms with Crippen LogP contribution in [0.25, 0.3) is 0 Å². The van der Waals surface area contributed by atoms with E-state index >= 15 is 0 Å². The summed E-state index contributed by atoms with van der Waals surface area (Å²) in [5, 5.41) is 0. The van der Waals surface area contributed by atoms with E-state index in [4.69, 9.17) is 0 Å². The van der Waals surface area contributed by atoms with Crippen molar-refractivity contribution in [1.82, 2.24) is 14.4 Å². The Labute approximate surface area is 160 Å². The van der Waals surface area contributed by atoms with Crippen molar-refractivity contribution in [3.8, 4) is 0 Å². The summed E-state index contributed by atoms with van der Waals surface area (Å²) in [7, 11) is 1.99. The maximum absolute atomic E-state index is 13.2. The van der Waals surface area contributed by atoms with Crippen LogP contribution in [-0.2, 0) is 4.79 Å². The molecule has 0 saturated carbocycles. The van der Waals surface area contributed by atoms with Crippen LogP contribution in [0.2, 0.25) is 0 Å². The summed E-state index contributed by atoms with van der Waals surface area (Å²) in [6, 6.07) is 10.4. The minimum absolute atomic E-state index is 0.341. The normalized spacial score (nSPS) is 16.3. The number of amides is 1. The number of likely N-dealkylation sites (N-methyl/N-ethyl adjacent to an activating group) is 1. The molecule has 2 aromatic rings. The Hall–Kier alpha value is -2.25. The zero-order chi connectivity index (χ0) is 18.7. The molecule has 0 N–H and O–H groups in total. The SMILES string of the molecule is CN1CCN(C(=O)C(C(=O)c2ccccc2)n2cc(Br)ccc2=O)CC1. The van der Waals surface area contributed by atoms with Gasteiger partial charge in [-0.2, -0.15) is 0 Å². The molecule has 1 aromatic carbocycles. The van der Waals surface area contributed by atoms with Crippen molar-refractivity contribution in [2.45, 2.75) is 6.04 Å². The third kappa shape index (κ3) is 3.94. The van der Waals surface area contributed by atoms with Crippen LogP contribution >= 0.6 is 15.9 Å². The third-order valence-corrected chi connectivity index (χ3v) is 5.00. The van der Waals surface area contributed by atoms with Crippen LogP contribution < -0.4 is 5.56 Å². The maximum Gasteiger partial charge on any atom is 0.253 e. The van der Waals surface area contributed by atoms with Crippen LogP contribution in [-0.4, -0.2) is 59.3 Å². The number of hydrogen-bond donors (Lipinski definition) is 0. The Morgan fingerprint density at radius 3 is 2.31 bits per heavy atom. The van der Waals surface area contributed by atoms with Crippen molar-refractivity contribution in [2.75, 3.05) is 33.2 Å². The third-order valence-electron chi connectivity index (χ3n) is 4.54. The van der Waals surface area contributed by atoms with Gasteiger partial charge in [0.1, 0.15) is 0 Å². The van der Waals surface area contributed by atoms with Gasteiger partial charge >= 0.3 is 0 Å². The van der Waals surface area contributed by atoms with Crippen molar-refractivity contribution in [2.24, 2.45) is 0 Å². The highest BCUT2D eigenvalue weighted by molar-refractivity contribution is 9.10. The summed E-state index contributed by atoms with van der Waals surface area (Å²) >= 11 is 3.32. The number of benzene rings is 1. The molecule has 6 nitrogen and oxygen atoms in total. The molecule has 136 valence electrons.